The first-order chi connectivity index (χ1) is 17.1. The first kappa shape index (κ1) is 21.6. The van der Waals surface area contributed by atoms with Crippen molar-refractivity contribution in [3.05, 3.63) is 82.1 Å². The molecule has 0 bridgehead atoms. The summed E-state index contributed by atoms with van der Waals surface area (Å²) in [5.41, 5.74) is 4.41. The maximum atomic E-state index is 13.3. The van der Waals surface area contributed by atoms with Crippen molar-refractivity contribution in [2.24, 2.45) is 0 Å². The number of ether oxygens (including phenoxy) is 5. The Morgan fingerprint density at radius 1 is 1.00 bits per heavy atom. The Morgan fingerprint density at radius 2 is 1.83 bits per heavy atom. The van der Waals surface area contributed by atoms with E-state index < -0.39 is 0 Å². The second kappa shape index (κ2) is 8.67. The van der Waals surface area contributed by atoms with Crippen molar-refractivity contribution in [1.29, 1.82) is 0 Å². The van der Waals surface area contributed by atoms with Crippen LogP contribution in [0.15, 0.2) is 54.3 Å². The van der Waals surface area contributed by atoms with Crippen molar-refractivity contribution >= 4 is 11.9 Å². The molecule has 0 N–H and O–H groups in total. The molecule has 178 valence electrons. The fourth-order valence-electron chi connectivity index (χ4n) is 4.65. The van der Waals surface area contributed by atoms with Crippen LogP contribution in [0.2, 0.25) is 0 Å². The maximum absolute atomic E-state index is 13.3. The zero-order chi connectivity index (χ0) is 23.9. The zero-order valence-electron chi connectivity index (χ0n) is 19.6. The molecule has 3 heterocycles. The molecule has 3 aliphatic heterocycles. The lowest BCUT2D eigenvalue weighted by Crippen LogP contribution is -2.33. The van der Waals surface area contributed by atoms with Gasteiger partial charge < -0.3 is 23.7 Å². The zero-order valence-corrected chi connectivity index (χ0v) is 19.6. The smallest absolute Gasteiger partial charge is 0.232 e. The van der Waals surface area contributed by atoms with Gasteiger partial charge in [-0.2, -0.15) is 0 Å². The highest BCUT2D eigenvalue weighted by Crippen LogP contribution is 2.44. The Morgan fingerprint density at radius 3 is 2.66 bits per heavy atom. The van der Waals surface area contributed by atoms with Crippen molar-refractivity contribution in [3.8, 4) is 28.7 Å². The molecule has 0 aromatic heterocycles. The minimum atomic E-state index is -0.117. The van der Waals surface area contributed by atoms with Gasteiger partial charge in [0.15, 0.2) is 17.3 Å². The first-order valence-corrected chi connectivity index (χ1v) is 11.6. The first-order valence-electron chi connectivity index (χ1n) is 11.6. The van der Waals surface area contributed by atoms with E-state index in [2.05, 4.69) is 17.0 Å². The van der Waals surface area contributed by atoms with Gasteiger partial charge in [-0.1, -0.05) is 18.2 Å². The number of carbonyl (C=O) groups excluding carboxylic acids is 1. The summed E-state index contributed by atoms with van der Waals surface area (Å²) in [5, 5.41) is 0. The van der Waals surface area contributed by atoms with E-state index in [0.29, 0.717) is 41.8 Å². The van der Waals surface area contributed by atoms with Crippen molar-refractivity contribution in [2.45, 2.75) is 19.9 Å². The van der Waals surface area contributed by atoms with Crippen molar-refractivity contribution in [3.63, 3.8) is 0 Å². The third-order valence-corrected chi connectivity index (χ3v) is 6.56. The van der Waals surface area contributed by atoms with Crippen molar-refractivity contribution in [1.82, 2.24) is 4.90 Å². The van der Waals surface area contributed by atoms with Crippen molar-refractivity contribution in [2.75, 3.05) is 27.2 Å². The summed E-state index contributed by atoms with van der Waals surface area (Å²) in [6.45, 7) is 4.09. The van der Waals surface area contributed by atoms with E-state index >= 15 is 0 Å². The molecule has 0 atom stereocenters. The highest BCUT2D eigenvalue weighted by molar-refractivity contribution is 6.16. The number of hydrogen-bond acceptors (Lipinski definition) is 7. The van der Waals surface area contributed by atoms with Gasteiger partial charge in [0, 0.05) is 13.1 Å². The molecule has 0 unspecified atom stereocenters. The quantitative estimate of drug-likeness (QED) is 0.498. The van der Waals surface area contributed by atoms with E-state index in [4.69, 9.17) is 23.7 Å². The second-order valence-corrected chi connectivity index (χ2v) is 8.85. The van der Waals surface area contributed by atoms with Crippen LogP contribution in [0.25, 0.3) is 6.08 Å². The van der Waals surface area contributed by atoms with Crippen LogP contribution >= 0.6 is 0 Å². The number of aryl methyl sites for hydroxylation is 1. The molecule has 0 spiro atoms. The molecule has 0 saturated carbocycles. The van der Waals surface area contributed by atoms with Crippen LogP contribution in [-0.2, 0) is 13.0 Å². The standard InChI is InChI=1S/C28H25NO6/c1-17-11-23-21(14-29(15-32-23)10-9-18-3-6-20(31-2)7-4-18)28-26(17)27(30)25(35-28)13-19-5-8-22-24(12-19)34-16-33-22/h3-8,11-13H,9-10,14-16H2,1-2H3/b25-13+. The highest BCUT2D eigenvalue weighted by atomic mass is 16.7. The summed E-state index contributed by atoms with van der Waals surface area (Å²) in [7, 11) is 1.67. The topological polar surface area (TPSA) is 66.5 Å². The molecule has 0 saturated heterocycles. The molecule has 35 heavy (non-hydrogen) atoms. The third-order valence-electron chi connectivity index (χ3n) is 6.56. The van der Waals surface area contributed by atoms with Crippen molar-refractivity contribution < 1.29 is 28.5 Å². The Bertz CT molecular complexity index is 1340. The molecule has 0 radical (unpaired) electrons. The van der Waals surface area contributed by atoms with E-state index in [1.54, 1.807) is 13.2 Å². The number of ketones is 1. The van der Waals surface area contributed by atoms with Gasteiger partial charge in [-0.25, -0.2) is 0 Å². The van der Waals surface area contributed by atoms with Gasteiger partial charge >= 0.3 is 0 Å². The van der Waals surface area contributed by atoms with Gasteiger partial charge in [-0.05, 0) is 66.4 Å². The lowest BCUT2D eigenvalue weighted by molar-refractivity contribution is 0.0949. The lowest BCUT2D eigenvalue weighted by Gasteiger charge is -2.30. The van der Waals surface area contributed by atoms with Crippen LogP contribution in [0, 0.1) is 6.92 Å². The summed E-state index contributed by atoms with van der Waals surface area (Å²) < 4.78 is 28.3. The van der Waals surface area contributed by atoms with Gasteiger partial charge in [-0.3, -0.25) is 9.69 Å². The minimum absolute atomic E-state index is 0.117. The molecule has 0 fully saturated rings. The van der Waals surface area contributed by atoms with E-state index in [0.717, 1.165) is 41.2 Å². The molecule has 0 aliphatic carbocycles. The number of nitrogens with zero attached hydrogens (tertiary/aromatic N) is 1. The predicted octanol–water partition coefficient (Wildman–Crippen LogP) is 4.74. The number of allylic oxidation sites excluding steroid dienone is 1. The van der Waals surface area contributed by atoms with Crippen LogP contribution in [0.1, 0.15) is 32.6 Å². The number of carbonyl (C=O) groups is 1. The Labute approximate surface area is 203 Å². The molecule has 3 aliphatic rings. The van der Waals surface area contributed by atoms with Crippen LogP contribution in [0.5, 0.6) is 28.7 Å². The molecule has 0 amide bonds. The Hall–Kier alpha value is -3.97. The normalized spacial score (nSPS) is 17.1. The van der Waals surface area contributed by atoms with Crippen LogP contribution in [-0.4, -0.2) is 37.9 Å². The van der Waals surface area contributed by atoms with Gasteiger partial charge in [0.25, 0.3) is 0 Å². The average Bonchev–Trinajstić information content (AvgIpc) is 3.48. The monoisotopic (exact) mass is 471 g/mol. The molecule has 6 rings (SSSR count). The summed E-state index contributed by atoms with van der Waals surface area (Å²) in [5.74, 6) is 3.77. The molecular weight excluding hydrogens is 446 g/mol. The number of Topliss-reactive ketones (excluding diaryl/α,β-unsaturated/α-hetero) is 1. The summed E-state index contributed by atoms with van der Waals surface area (Å²) in [4.78, 5) is 15.5. The number of rotatable bonds is 5. The van der Waals surface area contributed by atoms with E-state index in [-0.39, 0.29) is 12.6 Å². The Balaban J connectivity index is 1.23. The van der Waals surface area contributed by atoms with Crippen LogP contribution in [0.4, 0.5) is 0 Å². The predicted molar refractivity (Wildman–Crippen MR) is 129 cm³/mol. The summed E-state index contributed by atoms with van der Waals surface area (Å²) in [6.07, 6.45) is 2.63. The molecule has 3 aromatic carbocycles. The number of hydrogen-bond donors (Lipinski definition) is 0. The lowest BCUT2D eigenvalue weighted by atomic mass is 9.98. The number of benzene rings is 3. The van der Waals surface area contributed by atoms with Gasteiger partial charge in [0.1, 0.15) is 24.0 Å². The minimum Gasteiger partial charge on any atom is -0.497 e. The molecule has 7 heteroatoms. The van der Waals surface area contributed by atoms with Gasteiger partial charge in [-0.15, -0.1) is 0 Å². The largest absolute Gasteiger partial charge is 0.497 e. The van der Waals surface area contributed by atoms with E-state index in [9.17, 15) is 4.79 Å². The van der Waals surface area contributed by atoms with E-state index in [1.807, 2.05) is 43.3 Å². The fourth-order valence-corrected chi connectivity index (χ4v) is 4.65. The molecule has 3 aromatic rings. The fraction of sp³-hybridized carbons (Fsp3) is 0.250. The van der Waals surface area contributed by atoms with Gasteiger partial charge in [0.2, 0.25) is 12.6 Å². The highest BCUT2D eigenvalue weighted by Gasteiger charge is 2.35. The van der Waals surface area contributed by atoms with Gasteiger partial charge in [0.05, 0.1) is 18.2 Å². The number of methoxy groups -OCH3 is 1. The number of fused-ring (bicyclic) bond motifs is 4. The van der Waals surface area contributed by atoms with Crippen LogP contribution in [0.3, 0.4) is 0 Å². The average molecular weight is 472 g/mol. The Kier molecular flexibility index (Phi) is 5.34. The SMILES string of the molecule is COc1ccc(CCN2COc3cc(C)c4c(c3C2)O/C(=C/c2ccc3c(c2)OCO3)C4=O)cc1. The third kappa shape index (κ3) is 3.98. The van der Waals surface area contributed by atoms with E-state index in [1.165, 1.54) is 5.56 Å². The molecular formula is C28H25NO6. The summed E-state index contributed by atoms with van der Waals surface area (Å²) in [6, 6.07) is 15.6. The van der Waals surface area contributed by atoms with Crippen LogP contribution < -0.4 is 23.7 Å². The molecule has 7 nitrogen and oxygen atoms in total. The second-order valence-electron chi connectivity index (χ2n) is 8.85. The summed E-state index contributed by atoms with van der Waals surface area (Å²) >= 11 is 0. The maximum Gasteiger partial charge on any atom is 0.232 e.